The third-order valence-electron chi connectivity index (χ3n) is 4.82. The van der Waals surface area contributed by atoms with Crippen molar-refractivity contribution in [2.45, 2.75) is 30.7 Å². The lowest BCUT2D eigenvalue weighted by Gasteiger charge is -2.39. The minimum atomic E-state index is -3.82. The molecule has 7 nitrogen and oxygen atoms in total. The molecule has 2 aromatic rings. The molecule has 2 unspecified atom stereocenters. The fourth-order valence-electron chi connectivity index (χ4n) is 3.34. The van der Waals surface area contributed by atoms with Crippen LogP contribution in [0.15, 0.2) is 59.5 Å². The molecule has 3 rings (SSSR count). The van der Waals surface area contributed by atoms with Gasteiger partial charge in [-0.05, 0) is 43.0 Å². The molecule has 0 aromatic heterocycles. The van der Waals surface area contributed by atoms with Crippen LogP contribution in [0.25, 0.3) is 0 Å². The van der Waals surface area contributed by atoms with Crippen LogP contribution in [0.4, 0.5) is 11.4 Å². The summed E-state index contributed by atoms with van der Waals surface area (Å²) in [6, 6.07) is 14.3. The van der Waals surface area contributed by atoms with Gasteiger partial charge in [0, 0.05) is 24.4 Å². The van der Waals surface area contributed by atoms with E-state index in [1.54, 1.807) is 30.3 Å². The van der Waals surface area contributed by atoms with Crippen LogP contribution in [0.5, 0.6) is 0 Å². The van der Waals surface area contributed by atoms with Crippen LogP contribution in [0.2, 0.25) is 0 Å². The van der Waals surface area contributed by atoms with E-state index in [9.17, 15) is 18.5 Å². The van der Waals surface area contributed by atoms with Gasteiger partial charge >= 0.3 is 0 Å². The Labute approximate surface area is 158 Å². The molecule has 0 saturated carbocycles. The summed E-state index contributed by atoms with van der Waals surface area (Å²) >= 11 is 0. The summed E-state index contributed by atoms with van der Waals surface area (Å²) in [7, 11) is -3.82. The third kappa shape index (κ3) is 4.64. The van der Waals surface area contributed by atoms with Gasteiger partial charge in [-0.3, -0.25) is 14.3 Å². The van der Waals surface area contributed by atoms with Crippen molar-refractivity contribution in [1.82, 2.24) is 0 Å². The summed E-state index contributed by atoms with van der Waals surface area (Å²) in [4.78, 5) is 12.6. The second-order valence-corrected chi connectivity index (χ2v) is 8.42. The van der Waals surface area contributed by atoms with Crippen molar-refractivity contribution in [1.29, 1.82) is 0 Å². The highest BCUT2D eigenvalue weighted by Gasteiger charge is 2.29. The highest BCUT2D eigenvalue weighted by Crippen LogP contribution is 2.30. The minimum absolute atomic E-state index is 0.0311. The standard InChI is InChI=1S/C19H22N2O5S/c1-15-11-12-20(16-7-9-17(10-8-16)21(22)23)18(13-15)14-26-27(24,25)19-5-3-2-4-6-19/h2-10,15,18H,11-14H2,1H3. The number of hydrogen-bond donors (Lipinski definition) is 0. The third-order valence-corrected chi connectivity index (χ3v) is 6.11. The number of nitro groups is 1. The lowest BCUT2D eigenvalue weighted by Crippen LogP contribution is -2.45. The Hall–Kier alpha value is -2.45. The molecule has 0 amide bonds. The maximum absolute atomic E-state index is 12.4. The average Bonchev–Trinajstić information content (AvgIpc) is 2.67. The normalized spacial score (nSPS) is 20.4. The van der Waals surface area contributed by atoms with E-state index in [4.69, 9.17) is 4.18 Å². The Balaban J connectivity index is 1.75. The molecule has 0 N–H and O–H groups in total. The van der Waals surface area contributed by atoms with Gasteiger partial charge in [0.2, 0.25) is 0 Å². The number of non-ortho nitro benzene ring substituents is 1. The zero-order valence-corrected chi connectivity index (χ0v) is 15.8. The Bertz CT molecular complexity index is 884. The molecule has 0 radical (unpaired) electrons. The van der Waals surface area contributed by atoms with Crippen molar-refractivity contribution in [2.24, 2.45) is 5.92 Å². The first-order valence-electron chi connectivity index (χ1n) is 8.82. The smallest absolute Gasteiger partial charge is 0.297 e. The predicted molar refractivity (Wildman–Crippen MR) is 102 cm³/mol. The van der Waals surface area contributed by atoms with Crippen molar-refractivity contribution < 1.29 is 17.5 Å². The number of piperidine rings is 1. The lowest BCUT2D eigenvalue weighted by molar-refractivity contribution is -0.384. The van der Waals surface area contributed by atoms with Gasteiger partial charge in [0.1, 0.15) is 0 Å². The number of anilines is 1. The molecule has 8 heteroatoms. The molecule has 1 fully saturated rings. The van der Waals surface area contributed by atoms with Gasteiger partial charge in [0.05, 0.1) is 22.5 Å². The highest BCUT2D eigenvalue weighted by atomic mass is 32.2. The number of rotatable bonds is 6. The zero-order valence-electron chi connectivity index (χ0n) is 15.0. The Morgan fingerprint density at radius 2 is 1.81 bits per heavy atom. The van der Waals surface area contributed by atoms with E-state index in [0.29, 0.717) is 5.92 Å². The predicted octanol–water partition coefficient (Wildman–Crippen LogP) is 3.61. The summed E-state index contributed by atoms with van der Waals surface area (Å²) in [6.45, 7) is 2.92. The second kappa shape index (κ2) is 8.06. The molecular formula is C19H22N2O5S. The summed E-state index contributed by atoms with van der Waals surface area (Å²) in [5.74, 6) is 0.451. The molecule has 1 aliphatic rings. The van der Waals surface area contributed by atoms with E-state index < -0.39 is 15.0 Å². The van der Waals surface area contributed by atoms with E-state index in [0.717, 1.165) is 25.1 Å². The topological polar surface area (TPSA) is 89.8 Å². The van der Waals surface area contributed by atoms with Crippen molar-refractivity contribution in [3.05, 3.63) is 64.7 Å². The van der Waals surface area contributed by atoms with E-state index >= 15 is 0 Å². The molecule has 1 saturated heterocycles. The van der Waals surface area contributed by atoms with E-state index in [2.05, 4.69) is 11.8 Å². The van der Waals surface area contributed by atoms with Crippen LogP contribution in [0.3, 0.4) is 0 Å². The fraction of sp³-hybridized carbons (Fsp3) is 0.368. The van der Waals surface area contributed by atoms with Gasteiger partial charge < -0.3 is 4.90 Å². The van der Waals surface area contributed by atoms with Gasteiger partial charge in [-0.25, -0.2) is 0 Å². The number of hydrogen-bond acceptors (Lipinski definition) is 6. The molecule has 0 spiro atoms. The summed E-state index contributed by atoms with van der Waals surface area (Å²) in [5, 5.41) is 10.8. The molecular weight excluding hydrogens is 368 g/mol. The molecule has 1 aliphatic heterocycles. The van der Waals surface area contributed by atoms with Gasteiger partial charge in [-0.2, -0.15) is 8.42 Å². The number of nitro benzene ring substituents is 1. The zero-order chi connectivity index (χ0) is 19.4. The van der Waals surface area contributed by atoms with Gasteiger partial charge in [0.25, 0.3) is 15.8 Å². The van der Waals surface area contributed by atoms with E-state index in [1.165, 1.54) is 24.3 Å². The van der Waals surface area contributed by atoms with Crippen molar-refractivity contribution in [3.8, 4) is 0 Å². The Morgan fingerprint density at radius 1 is 1.15 bits per heavy atom. The van der Waals surface area contributed by atoms with Gasteiger partial charge in [-0.1, -0.05) is 25.1 Å². The maximum atomic E-state index is 12.4. The van der Waals surface area contributed by atoms with Crippen LogP contribution < -0.4 is 4.90 Å². The quantitative estimate of drug-likeness (QED) is 0.425. The van der Waals surface area contributed by atoms with Crippen LogP contribution in [0.1, 0.15) is 19.8 Å². The summed E-state index contributed by atoms with van der Waals surface area (Å²) in [6.07, 6.45) is 1.76. The van der Waals surface area contributed by atoms with Gasteiger partial charge in [-0.15, -0.1) is 0 Å². The van der Waals surface area contributed by atoms with E-state index in [-0.39, 0.29) is 23.2 Å². The SMILES string of the molecule is CC1CCN(c2ccc([N+](=O)[O-])cc2)C(COS(=O)(=O)c2ccccc2)C1. The first-order valence-corrected chi connectivity index (χ1v) is 10.2. The van der Waals surface area contributed by atoms with Crippen LogP contribution in [-0.2, 0) is 14.3 Å². The number of nitrogens with zero attached hydrogens (tertiary/aromatic N) is 2. The molecule has 0 bridgehead atoms. The first kappa shape index (κ1) is 19.3. The Kier molecular flexibility index (Phi) is 5.76. The van der Waals surface area contributed by atoms with Gasteiger partial charge in [0.15, 0.2) is 0 Å². The molecule has 27 heavy (non-hydrogen) atoms. The first-order chi connectivity index (χ1) is 12.9. The molecule has 2 atom stereocenters. The molecule has 0 aliphatic carbocycles. The molecule has 144 valence electrons. The number of benzene rings is 2. The second-order valence-electron chi connectivity index (χ2n) is 6.80. The fourth-order valence-corrected chi connectivity index (χ4v) is 4.30. The van der Waals surface area contributed by atoms with Crippen LogP contribution in [0, 0.1) is 16.0 Å². The Morgan fingerprint density at radius 3 is 2.44 bits per heavy atom. The van der Waals surface area contributed by atoms with E-state index in [1.807, 2.05) is 0 Å². The molecule has 1 heterocycles. The average molecular weight is 390 g/mol. The molecule has 2 aromatic carbocycles. The van der Waals surface area contributed by atoms with Crippen LogP contribution in [-0.4, -0.2) is 32.5 Å². The summed E-state index contributed by atoms with van der Waals surface area (Å²) < 4.78 is 30.1. The lowest BCUT2D eigenvalue weighted by atomic mass is 9.92. The highest BCUT2D eigenvalue weighted by molar-refractivity contribution is 7.86. The monoisotopic (exact) mass is 390 g/mol. The van der Waals surface area contributed by atoms with Crippen molar-refractivity contribution in [3.63, 3.8) is 0 Å². The largest absolute Gasteiger partial charge is 0.366 e. The van der Waals surface area contributed by atoms with Crippen LogP contribution >= 0.6 is 0 Å². The van der Waals surface area contributed by atoms with Crippen molar-refractivity contribution in [2.75, 3.05) is 18.1 Å². The van der Waals surface area contributed by atoms with Crippen molar-refractivity contribution >= 4 is 21.5 Å². The minimum Gasteiger partial charge on any atom is -0.366 e. The summed E-state index contributed by atoms with van der Waals surface area (Å²) in [5.41, 5.74) is 0.863. The maximum Gasteiger partial charge on any atom is 0.297 e.